The molecule has 0 saturated carbocycles. The third-order valence-corrected chi connectivity index (χ3v) is 2.80. The maximum Gasteiger partial charge on any atom is 0.407 e. The number of carbonyl (C=O) groups excluding carboxylic acids is 1. The van der Waals surface area contributed by atoms with E-state index in [-0.39, 0.29) is 11.7 Å². The molecule has 0 unspecified atom stereocenters. The van der Waals surface area contributed by atoms with Crippen molar-refractivity contribution in [3.05, 3.63) is 0 Å². The van der Waals surface area contributed by atoms with Gasteiger partial charge >= 0.3 is 6.09 Å². The van der Waals surface area contributed by atoms with Gasteiger partial charge in [-0.1, -0.05) is 27.7 Å². The standard InChI is InChI=1S/C11H19NO3/c1-7-5-8(9(13)11(2,3)4)12(6-7)10(14)15/h7-8H,5-6H2,1-4H3,(H,14,15)/t7-,8-/m0/s1. The van der Waals surface area contributed by atoms with Crippen molar-refractivity contribution >= 4 is 11.9 Å². The molecule has 1 saturated heterocycles. The highest BCUT2D eigenvalue weighted by atomic mass is 16.4. The van der Waals surface area contributed by atoms with E-state index in [1.54, 1.807) is 0 Å². The van der Waals surface area contributed by atoms with Crippen molar-refractivity contribution in [2.75, 3.05) is 6.54 Å². The number of rotatable bonds is 1. The zero-order valence-corrected chi connectivity index (χ0v) is 9.78. The normalized spacial score (nSPS) is 26.8. The van der Waals surface area contributed by atoms with Gasteiger partial charge in [0.2, 0.25) is 0 Å². The summed E-state index contributed by atoms with van der Waals surface area (Å²) < 4.78 is 0. The van der Waals surface area contributed by atoms with Gasteiger partial charge in [-0.2, -0.15) is 0 Å². The Morgan fingerprint density at radius 1 is 1.33 bits per heavy atom. The molecule has 86 valence electrons. The van der Waals surface area contributed by atoms with Gasteiger partial charge in [0.25, 0.3) is 0 Å². The lowest BCUT2D eigenvalue weighted by Crippen LogP contribution is -2.44. The van der Waals surface area contributed by atoms with Gasteiger partial charge in [-0.25, -0.2) is 4.79 Å². The van der Waals surface area contributed by atoms with E-state index in [1.807, 2.05) is 27.7 Å². The van der Waals surface area contributed by atoms with Crippen LogP contribution in [0, 0.1) is 11.3 Å². The molecule has 4 heteroatoms. The van der Waals surface area contributed by atoms with Crippen molar-refractivity contribution < 1.29 is 14.7 Å². The molecular formula is C11H19NO3. The first kappa shape index (κ1) is 12.0. The van der Waals surface area contributed by atoms with E-state index in [1.165, 1.54) is 4.90 Å². The monoisotopic (exact) mass is 213 g/mol. The number of hydrogen-bond acceptors (Lipinski definition) is 2. The number of amides is 1. The lowest BCUT2D eigenvalue weighted by molar-refractivity contribution is -0.130. The van der Waals surface area contributed by atoms with Gasteiger partial charge in [0.15, 0.2) is 5.78 Å². The highest BCUT2D eigenvalue weighted by Gasteiger charge is 2.41. The SMILES string of the molecule is C[C@H]1C[C@@H](C(=O)C(C)(C)C)N(C(=O)O)C1. The van der Waals surface area contributed by atoms with Crippen LogP contribution < -0.4 is 0 Å². The number of nitrogens with zero attached hydrogens (tertiary/aromatic N) is 1. The predicted molar refractivity (Wildman–Crippen MR) is 56.8 cm³/mol. The van der Waals surface area contributed by atoms with Crippen LogP contribution in [0.4, 0.5) is 4.79 Å². The second kappa shape index (κ2) is 3.83. The van der Waals surface area contributed by atoms with E-state index in [0.717, 1.165) is 0 Å². The van der Waals surface area contributed by atoms with Gasteiger partial charge in [0.1, 0.15) is 0 Å². The minimum Gasteiger partial charge on any atom is -0.465 e. The first-order valence-electron chi connectivity index (χ1n) is 5.27. The van der Waals surface area contributed by atoms with Crippen LogP contribution in [0.25, 0.3) is 0 Å². The number of carbonyl (C=O) groups is 2. The average Bonchev–Trinajstić information content (AvgIpc) is 2.44. The van der Waals surface area contributed by atoms with Crippen molar-refractivity contribution in [1.82, 2.24) is 4.90 Å². The van der Waals surface area contributed by atoms with Crippen LogP contribution in [0.15, 0.2) is 0 Å². The molecule has 1 aliphatic rings. The molecule has 1 fully saturated rings. The second-order valence-corrected chi connectivity index (χ2v) is 5.41. The predicted octanol–water partition coefficient (Wildman–Crippen LogP) is 1.99. The van der Waals surface area contributed by atoms with Crippen molar-refractivity contribution in [2.45, 2.75) is 40.2 Å². The number of hydrogen-bond donors (Lipinski definition) is 1. The van der Waals surface area contributed by atoms with Crippen LogP contribution in [-0.4, -0.2) is 34.5 Å². The Labute approximate surface area is 90.3 Å². The van der Waals surface area contributed by atoms with Gasteiger partial charge in [0, 0.05) is 12.0 Å². The molecule has 0 aliphatic carbocycles. The van der Waals surface area contributed by atoms with E-state index < -0.39 is 17.6 Å². The van der Waals surface area contributed by atoms with Crippen molar-refractivity contribution in [2.24, 2.45) is 11.3 Å². The van der Waals surface area contributed by atoms with Gasteiger partial charge in [-0.15, -0.1) is 0 Å². The molecule has 1 aliphatic heterocycles. The third kappa shape index (κ3) is 2.49. The summed E-state index contributed by atoms with van der Waals surface area (Å²) >= 11 is 0. The lowest BCUT2D eigenvalue weighted by Gasteiger charge is -2.26. The molecule has 0 aromatic rings. The Bertz CT molecular complexity index is 280. The first-order valence-corrected chi connectivity index (χ1v) is 5.27. The summed E-state index contributed by atoms with van der Waals surface area (Å²) in [5.74, 6) is 0.298. The number of carboxylic acid groups (broad SMARTS) is 1. The summed E-state index contributed by atoms with van der Waals surface area (Å²) in [6.45, 7) is 7.95. The molecule has 0 bridgehead atoms. The zero-order valence-electron chi connectivity index (χ0n) is 9.78. The molecule has 0 radical (unpaired) electrons. The highest BCUT2D eigenvalue weighted by Crippen LogP contribution is 2.29. The fourth-order valence-electron chi connectivity index (χ4n) is 2.01. The average molecular weight is 213 g/mol. The summed E-state index contributed by atoms with van der Waals surface area (Å²) in [5.41, 5.74) is -0.470. The maximum atomic E-state index is 12.0. The minimum absolute atomic E-state index is 0.0225. The quantitative estimate of drug-likeness (QED) is 0.724. The Morgan fingerprint density at radius 2 is 1.87 bits per heavy atom. The van der Waals surface area contributed by atoms with Gasteiger partial charge in [-0.05, 0) is 12.3 Å². The number of Topliss-reactive ketones (excluding diaryl/α,β-unsaturated/α-hetero) is 1. The van der Waals surface area contributed by atoms with E-state index in [9.17, 15) is 9.59 Å². The van der Waals surface area contributed by atoms with Crippen LogP contribution in [0.1, 0.15) is 34.1 Å². The topological polar surface area (TPSA) is 57.6 Å². The summed E-state index contributed by atoms with van der Waals surface area (Å²) in [6.07, 6.45) is -0.329. The summed E-state index contributed by atoms with van der Waals surface area (Å²) in [6, 6.07) is -0.447. The number of ketones is 1. The minimum atomic E-state index is -0.984. The fraction of sp³-hybridized carbons (Fsp3) is 0.818. The molecule has 1 heterocycles. The van der Waals surface area contributed by atoms with Crippen molar-refractivity contribution in [3.8, 4) is 0 Å². The van der Waals surface area contributed by atoms with Gasteiger partial charge in [-0.3, -0.25) is 9.69 Å². The molecular weight excluding hydrogens is 194 g/mol. The van der Waals surface area contributed by atoms with E-state index in [0.29, 0.717) is 13.0 Å². The Hall–Kier alpha value is -1.06. The van der Waals surface area contributed by atoms with Crippen LogP contribution in [0.5, 0.6) is 0 Å². The Morgan fingerprint density at radius 3 is 2.27 bits per heavy atom. The molecule has 2 atom stereocenters. The zero-order chi connectivity index (χ0) is 11.8. The van der Waals surface area contributed by atoms with E-state index >= 15 is 0 Å². The van der Waals surface area contributed by atoms with Crippen LogP contribution >= 0.6 is 0 Å². The second-order valence-electron chi connectivity index (χ2n) is 5.41. The van der Waals surface area contributed by atoms with Gasteiger partial charge in [0.05, 0.1) is 6.04 Å². The maximum absolute atomic E-state index is 12.0. The molecule has 0 aromatic heterocycles. The summed E-state index contributed by atoms with van der Waals surface area (Å²) in [5, 5.41) is 8.99. The van der Waals surface area contributed by atoms with Crippen molar-refractivity contribution in [1.29, 1.82) is 0 Å². The van der Waals surface area contributed by atoms with Crippen LogP contribution in [0.3, 0.4) is 0 Å². The Balaban J connectivity index is 2.85. The number of likely N-dealkylation sites (tertiary alicyclic amines) is 1. The molecule has 1 N–H and O–H groups in total. The van der Waals surface area contributed by atoms with Gasteiger partial charge < -0.3 is 5.11 Å². The summed E-state index contributed by atoms with van der Waals surface area (Å²) in [7, 11) is 0. The molecule has 1 rings (SSSR count). The lowest BCUT2D eigenvalue weighted by atomic mass is 9.85. The third-order valence-electron chi connectivity index (χ3n) is 2.80. The molecule has 0 aromatic carbocycles. The van der Waals surface area contributed by atoms with Crippen LogP contribution in [-0.2, 0) is 4.79 Å². The molecule has 15 heavy (non-hydrogen) atoms. The smallest absolute Gasteiger partial charge is 0.407 e. The van der Waals surface area contributed by atoms with E-state index in [4.69, 9.17) is 5.11 Å². The summed E-state index contributed by atoms with van der Waals surface area (Å²) in [4.78, 5) is 24.3. The van der Waals surface area contributed by atoms with Crippen molar-refractivity contribution in [3.63, 3.8) is 0 Å². The molecule has 4 nitrogen and oxygen atoms in total. The fourth-order valence-corrected chi connectivity index (χ4v) is 2.01. The highest BCUT2D eigenvalue weighted by molar-refractivity contribution is 5.91. The largest absolute Gasteiger partial charge is 0.465 e. The first-order chi connectivity index (χ1) is 6.73. The Kier molecular flexibility index (Phi) is 3.07. The van der Waals surface area contributed by atoms with E-state index in [2.05, 4.69) is 0 Å². The molecule has 1 amide bonds. The van der Waals surface area contributed by atoms with Crippen LogP contribution in [0.2, 0.25) is 0 Å². The molecule has 0 spiro atoms.